The number of hydrogen-bond donors (Lipinski definition) is 1. The molecule has 4 aromatic rings. The second-order valence-corrected chi connectivity index (χ2v) is 8.57. The van der Waals surface area contributed by atoms with Crippen LogP contribution < -0.4 is 14.2 Å². The van der Waals surface area contributed by atoms with Crippen molar-refractivity contribution in [1.82, 2.24) is 19.9 Å². The van der Waals surface area contributed by atoms with E-state index in [2.05, 4.69) is 27.0 Å². The molecule has 170 valence electrons. The zero-order valence-corrected chi connectivity index (χ0v) is 19.2. The molecule has 0 radical (unpaired) electrons. The molecule has 1 atom stereocenters. The summed E-state index contributed by atoms with van der Waals surface area (Å²) in [5.41, 5.74) is 5.08. The van der Waals surface area contributed by atoms with Gasteiger partial charge in [-0.3, -0.25) is 4.98 Å². The second-order valence-electron chi connectivity index (χ2n) is 8.57. The summed E-state index contributed by atoms with van der Waals surface area (Å²) >= 11 is 0. The third kappa shape index (κ3) is 4.50. The van der Waals surface area contributed by atoms with Gasteiger partial charge in [0.1, 0.15) is 35.2 Å². The Hall–Kier alpha value is -3.58. The summed E-state index contributed by atoms with van der Waals surface area (Å²) in [4.78, 5) is 14.8. The predicted octanol–water partition coefficient (Wildman–Crippen LogP) is 4.29. The van der Waals surface area contributed by atoms with Gasteiger partial charge in [0.25, 0.3) is 0 Å². The molecule has 0 saturated carbocycles. The van der Waals surface area contributed by atoms with E-state index in [1.54, 1.807) is 19.5 Å². The van der Waals surface area contributed by atoms with Crippen LogP contribution in [0.25, 0.3) is 22.2 Å². The van der Waals surface area contributed by atoms with Gasteiger partial charge in [0.05, 0.1) is 25.2 Å². The van der Waals surface area contributed by atoms with Crippen LogP contribution >= 0.6 is 0 Å². The number of methoxy groups -OCH3 is 1. The third-order valence-corrected chi connectivity index (χ3v) is 5.94. The van der Waals surface area contributed by atoms with E-state index < -0.39 is 0 Å². The number of aromatic nitrogens is 3. The molecule has 0 unspecified atom stereocenters. The molecule has 7 heteroatoms. The molecule has 1 aliphatic heterocycles. The minimum atomic E-state index is 0.121. The maximum atomic E-state index is 6.19. The Morgan fingerprint density at radius 3 is 2.73 bits per heavy atom. The molecule has 33 heavy (non-hydrogen) atoms. The summed E-state index contributed by atoms with van der Waals surface area (Å²) in [5.74, 6) is 3.55. The van der Waals surface area contributed by atoms with Crippen LogP contribution in [-0.4, -0.2) is 60.8 Å². The van der Waals surface area contributed by atoms with Crippen molar-refractivity contribution in [3.8, 4) is 28.4 Å². The molecule has 3 heterocycles. The molecule has 0 spiro atoms. The lowest BCUT2D eigenvalue weighted by Crippen LogP contribution is -2.20. The predicted molar refractivity (Wildman–Crippen MR) is 128 cm³/mol. The van der Waals surface area contributed by atoms with E-state index >= 15 is 0 Å². The number of aromatic amines is 1. The molecule has 0 amide bonds. The fourth-order valence-corrected chi connectivity index (χ4v) is 4.13. The van der Waals surface area contributed by atoms with Crippen molar-refractivity contribution in [3.63, 3.8) is 0 Å². The summed E-state index contributed by atoms with van der Waals surface area (Å²) in [6, 6.07) is 14.1. The van der Waals surface area contributed by atoms with Gasteiger partial charge in [-0.25, -0.2) is 4.98 Å². The maximum absolute atomic E-state index is 6.19. The Morgan fingerprint density at radius 2 is 1.94 bits per heavy atom. The zero-order chi connectivity index (χ0) is 22.8. The fourth-order valence-electron chi connectivity index (χ4n) is 4.13. The normalized spacial score (nSPS) is 15.3. The minimum Gasteiger partial charge on any atom is -0.497 e. The molecule has 2 aromatic heterocycles. The monoisotopic (exact) mass is 444 g/mol. The highest BCUT2D eigenvalue weighted by Crippen LogP contribution is 2.37. The van der Waals surface area contributed by atoms with Gasteiger partial charge in [-0.2, -0.15) is 0 Å². The number of hydrogen-bond acceptors (Lipinski definition) is 6. The van der Waals surface area contributed by atoms with Crippen LogP contribution in [0.3, 0.4) is 0 Å². The van der Waals surface area contributed by atoms with Gasteiger partial charge < -0.3 is 24.1 Å². The first kappa shape index (κ1) is 21.3. The Labute approximate surface area is 193 Å². The molecule has 7 nitrogen and oxygen atoms in total. The molecular formula is C26H28N4O3. The van der Waals surface area contributed by atoms with Gasteiger partial charge in [0, 0.05) is 18.9 Å². The first-order valence-corrected chi connectivity index (χ1v) is 11.1. The highest BCUT2D eigenvalue weighted by Gasteiger charge is 2.25. The van der Waals surface area contributed by atoms with Crippen LogP contribution in [0.2, 0.25) is 0 Å². The van der Waals surface area contributed by atoms with Crippen molar-refractivity contribution in [2.75, 3.05) is 41.0 Å². The fraction of sp³-hybridized carbons (Fsp3) is 0.308. The van der Waals surface area contributed by atoms with Crippen LogP contribution in [0.5, 0.6) is 17.2 Å². The van der Waals surface area contributed by atoms with Gasteiger partial charge in [0.2, 0.25) is 0 Å². The molecule has 2 aromatic carbocycles. The minimum absolute atomic E-state index is 0.121. The third-order valence-electron chi connectivity index (χ3n) is 5.94. The van der Waals surface area contributed by atoms with Crippen LogP contribution in [0.15, 0.2) is 54.9 Å². The van der Waals surface area contributed by atoms with E-state index in [1.165, 1.54) is 0 Å². The number of benzene rings is 2. The number of nitrogens with zero attached hydrogens (tertiary/aromatic N) is 3. The van der Waals surface area contributed by atoms with E-state index in [9.17, 15) is 0 Å². The number of ether oxygens (including phenoxy) is 3. The number of nitrogens with one attached hydrogen (secondary N) is 1. The first-order chi connectivity index (χ1) is 16.1. The molecule has 1 N–H and O–H groups in total. The summed E-state index contributed by atoms with van der Waals surface area (Å²) < 4.78 is 17.6. The standard InChI is InChI=1S/C26H28N4O3/c1-30(2)10-11-32-24-15-18(17-6-8-27-9-7-17)14-22-25(24)29-26(28-22)20-12-19-13-21(31-3)4-5-23(19)33-16-20/h4-9,13-15,20H,10-12,16H2,1-3H3,(H,28,29)/t20-/m0/s1. The molecule has 0 saturated heterocycles. The van der Waals surface area contributed by atoms with Crippen LogP contribution in [-0.2, 0) is 6.42 Å². The highest BCUT2D eigenvalue weighted by molar-refractivity contribution is 5.87. The van der Waals surface area contributed by atoms with E-state index in [0.29, 0.717) is 13.2 Å². The van der Waals surface area contributed by atoms with E-state index in [-0.39, 0.29) is 5.92 Å². The van der Waals surface area contributed by atoms with Gasteiger partial charge in [-0.05, 0) is 79.7 Å². The van der Waals surface area contributed by atoms with Crippen LogP contribution in [0.4, 0.5) is 0 Å². The quantitative estimate of drug-likeness (QED) is 0.458. The maximum Gasteiger partial charge on any atom is 0.147 e. The Morgan fingerprint density at radius 1 is 1.09 bits per heavy atom. The summed E-state index contributed by atoms with van der Waals surface area (Å²) in [6.07, 6.45) is 4.44. The van der Waals surface area contributed by atoms with Crippen molar-refractivity contribution in [3.05, 3.63) is 66.2 Å². The van der Waals surface area contributed by atoms with Crippen LogP contribution in [0.1, 0.15) is 17.3 Å². The number of H-pyrrole nitrogens is 1. The average molecular weight is 445 g/mol. The summed E-state index contributed by atoms with van der Waals surface area (Å²) in [6.45, 7) is 1.99. The number of likely N-dealkylation sites (N-methyl/N-ethyl adjacent to an activating group) is 1. The van der Waals surface area contributed by atoms with E-state index in [4.69, 9.17) is 19.2 Å². The van der Waals surface area contributed by atoms with Gasteiger partial charge in [-0.1, -0.05) is 0 Å². The van der Waals surface area contributed by atoms with Gasteiger partial charge in [-0.15, -0.1) is 0 Å². The summed E-state index contributed by atoms with van der Waals surface area (Å²) in [5, 5.41) is 0. The van der Waals surface area contributed by atoms with Crippen molar-refractivity contribution < 1.29 is 14.2 Å². The topological polar surface area (TPSA) is 72.5 Å². The number of rotatable bonds is 7. The zero-order valence-electron chi connectivity index (χ0n) is 19.2. The second kappa shape index (κ2) is 9.11. The summed E-state index contributed by atoms with van der Waals surface area (Å²) in [7, 11) is 5.75. The first-order valence-electron chi connectivity index (χ1n) is 11.1. The highest BCUT2D eigenvalue weighted by atomic mass is 16.5. The molecule has 0 fully saturated rings. The number of pyridine rings is 1. The smallest absolute Gasteiger partial charge is 0.147 e. The SMILES string of the molecule is COc1ccc2c(c1)C[C@H](c1nc3c(OCCN(C)C)cc(-c4ccncc4)cc3[nH]1)CO2. The molecule has 5 rings (SSSR count). The lowest BCUT2D eigenvalue weighted by molar-refractivity contribution is 0.257. The number of fused-ring (bicyclic) bond motifs is 2. The molecular weight excluding hydrogens is 416 g/mol. The van der Waals surface area contributed by atoms with Crippen molar-refractivity contribution in [1.29, 1.82) is 0 Å². The molecule has 0 bridgehead atoms. The Bertz CT molecular complexity index is 1250. The largest absolute Gasteiger partial charge is 0.497 e. The average Bonchev–Trinajstić information content (AvgIpc) is 3.28. The van der Waals surface area contributed by atoms with Crippen molar-refractivity contribution >= 4 is 11.0 Å². The molecule has 0 aliphatic carbocycles. The Balaban J connectivity index is 1.50. The number of imidazole rings is 1. The van der Waals surface area contributed by atoms with Crippen LogP contribution in [0, 0.1) is 0 Å². The van der Waals surface area contributed by atoms with Crippen molar-refractivity contribution in [2.45, 2.75) is 12.3 Å². The van der Waals surface area contributed by atoms with Gasteiger partial charge >= 0.3 is 0 Å². The molecule has 1 aliphatic rings. The van der Waals surface area contributed by atoms with E-state index in [1.807, 2.05) is 44.4 Å². The lowest BCUT2D eigenvalue weighted by Gasteiger charge is -2.24. The van der Waals surface area contributed by atoms with Gasteiger partial charge in [0.15, 0.2) is 0 Å². The lowest BCUT2D eigenvalue weighted by atomic mass is 9.96. The van der Waals surface area contributed by atoms with E-state index in [0.717, 1.165) is 63.8 Å². The Kier molecular flexibility index (Phi) is 5.88. The van der Waals surface area contributed by atoms with Crippen molar-refractivity contribution in [2.24, 2.45) is 0 Å².